The molecule has 0 aromatic carbocycles. The van der Waals surface area contributed by atoms with Crippen molar-refractivity contribution in [2.24, 2.45) is 10.9 Å². The van der Waals surface area contributed by atoms with E-state index in [-0.39, 0.29) is 0 Å². The molecule has 0 bridgehead atoms. The fourth-order valence-corrected chi connectivity index (χ4v) is 3.81. The standard InChI is InChI=1S/C18H28N4OS/c1-2-19-18(22-12-16-4-3-9-24-16)21-11-15-7-8-17(20-10-15)23-13-14-5-6-14/h7-8,10,14,16H,2-6,9,11-13H2,1H3,(H2,19,21,22). The summed E-state index contributed by atoms with van der Waals surface area (Å²) in [6.45, 7) is 5.38. The molecule has 1 aromatic heterocycles. The average Bonchev–Trinajstić information content (AvgIpc) is 3.30. The Balaban J connectivity index is 1.46. The first-order valence-corrected chi connectivity index (χ1v) is 10.1. The van der Waals surface area contributed by atoms with Crippen LogP contribution in [0.1, 0.15) is 38.2 Å². The van der Waals surface area contributed by atoms with E-state index in [1.807, 2.05) is 12.3 Å². The van der Waals surface area contributed by atoms with Crippen molar-refractivity contribution in [3.05, 3.63) is 23.9 Å². The number of rotatable bonds is 8. The molecule has 1 saturated heterocycles. The van der Waals surface area contributed by atoms with Gasteiger partial charge in [0.05, 0.1) is 13.2 Å². The van der Waals surface area contributed by atoms with E-state index in [4.69, 9.17) is 4.74 Å². The molecule has 2 N–H and O–H groups in total. The van der Waals surface area contributed by atoms with Gasteiger partial charge in [0.2, 0.25) is 5.88 Å². The van der Waals surface area contributed by atoms with Crippen LogP contribution in [0.25, 0.3) is 0 Å². The summed E-state index contributed by atoms with van der Waals surface area (Å²) in [5, 5.41) is 7.49. The Morgan fingerprint density at radius 1 is 1.33 bits per heavy atom. The number of thioether (sulfide) groups is 1. The lowest BCUT2D eigenvalue weighted by Crippen LogP contribution is -2.40. The predicted molar refractivity (Wildman–Crippen MR) is 101 cm³/mol. The first-order valence-electron chi connectivity index (χ1n) is 9.05. The molecule has 0 spiro atoms. The number of guanidine groups is 1. The van der Waals surface area contributed by atoms with E-state index in [0.29, 0.717) is 6.54 Å². The maximum absolute atomic E-state index is 5.67. The van der Waals surface area contributed by atoms with Gasteiger partial charge >= 0.3 is 0 Å². The van der Waals surface area contributed by atoms with Crippen LogP contribution in [0.15, 0.2) is 23.3 Å². The molecule has 1 unspecified atom stereocenters. The van der Waals surface area contributed by atoms with Crippen molar-refractivity contribution >= 4 is 17.7 Å². The molecule has 0 amide bonds. The van der Waals surface area contributed by atoms with E-state index >= 15 is 0 Å². The van der Waals surface area contributed by atoms with E-state index in [1.54, 1.807) is 0 Å². The van der Waals surface area contributed by atoms with Gasteiger partial charge in [-0.2, -0.15) is 11.8 Å². The Hall–Kier alpha value is -1.43. The average molecular weight is 349 g/mol. The monoisotopic (exact) mass is 348 g/mol. The molecule has 1 aliphatic heterocycles. The lowest BCUT2D eigenvalue weighted by Gasteiger charge is -2.14. The van der Waals surface area contributed by atoms with Crippen molar-refractivity contribution in [2.75, 3.05) is 25.4 Å². The van der Waals surface area contributed by atoms with Crippen LogP contribution in [0.5, 0.6) is 5.88 Å². The Bertz CT molecular complexity index is 524. The number of pyridine rings is 1. The zero-order valence-corrected chi connectivity index (χ0v) is 15.3. The third kappa shape index (κ3) is 5.89. The molecule has 24 heavy (non-hydrogen) atoms. The Labute approximate surface area is 149 Å². The van der Waals surface area contributed by atoms with E-state index in [1.165, 1.54) is 31.4 Å². The van der Waals surface area contributed by atoms with Crippen LogP contribution in [-0.2, 0) is 6.54 Å². The molecule has 1 saturated carbocycles. The number of aromatic nitrogens is 1. The minimum Gasteiger partial charge on any atom is -0.477 e. The van der Waals surface area contributed by atoms with Crippen LogP contribution in [0, 0.1) is 5.92 Å². The minimum atomic E-state index is 0.628. The van der Waals surface area contributed by atoms with Gasteiger partial charge in [0.15, 0.2) is 5.96 Å². The molecule has 5 nitrogen and oxygen atoms in total. The summed E-state index contributed by atoms with van der Waals surface area (Å²) in [7, 11) is 0. The SMILES string of the molecule is CCNC(=NCc1ccc(OCC2CC2)nc1)NCC1CCCS1. The molecule has 132 valence electrons. The Kier molecular flexibility index (Phi) is 6.64. The van der Waals surface area contributed by atoms with Crippen LogP contribution in [0.2, 0.25) is 0 Å². The summed E-state index contributed by atoms with van der Waals surface area (Å²) >= 11 is 2.06. The fourth-order valence-electron chi connectivity index (χ4n) is 2.61. The molecule has 2 fully saturated rings. The fraction of sp³-hybridized carbons (Fsp3) is 0.667. The summed E-state index contributed by atoms with van der Waals surface area (Å²) in [5.41, 5.74) is 1.10. The van der Waals surface area contributed by atoms with Gasteiger partial charge in [-0.3, -0.25) is 0 Å². The van der Waals surface area contributed by atoms with Gasteiger partial charge in [0.25, 0.3) is 0 Å². The largest absolute Gasteiger partial charge is 0.477 e. The van der Waals surface area contributed by atoms with Crippen LogP contribution in [-0.4, -0.2) is 41.6 Å². The summed E-state index contributed by atoms with van der Waals surface area (Å²) in [6, 6.07) is 4.00. The van der Waals surface area contributed by atoms with Gasteiger partial charge in [-0.1, -0.05) is 6.07 Å². The molecule has 1 atom stereocenters. The molecule has 2 heterocycles. The lowest BCUT2D eigenvalue weighted by molar-refractivity contribution is 0.288. The van der Waals surface area contributed by atoms with Crippen molar-refractivity contribution in [1.82, 2.24) is 15.6 Å². The highest BCUT2D eigenvalue weighted by Crippen LogP contribution is 2.29. The van der Waals surface area contributed by atoms with E-state index < -0.39 is 0 Å². The zero-order valence-electron chi connectivity index (χ0n) is 14.5. The number of nitrogens with one attached hydrogen (secondary N) is 2. The van der Waals surface area contributed by atoms with Crippen LogP contribution < -0.4 is 15.4 Å². The highest BCUT2D eigenvalue weighted by molar-refractivity contribution is 8.00. The van der Waals surface area contributed by atoms with Crippen LogP contribution in [0.3, 0.4) is 0 Å². The summed E-state index contributed by atoms with van der Waals surface area (Å²) in [6.07, 6.45) is 7.11. The van der Waals surface area contributed by atoms with E-state index in [9.17, 15) is 0 Å². The predicted octanol–water partition coefficient (Wildman–Crippen LogP) is 2.82. The number of nitrogens with zero attached hydrogens (tertiary/aromatic N) is 2. The van der Waals surface area contributed by atoms with Crippen molar-refractivity contribution < 1.29 is 4.74 Å². The second kappa shape index (κ2) is 9.16. The normalized spacial score (nSPS) is 20.9. The summed E-state index contributed by atoms with van der Waals surface area (Å²) in [4.78, 5) is 9.04. The van der Waals surface area contributed by atoms with Gasteiger partial charge in [0.1, 0.15) is 0 Å². The molecule has 6 heteroatoms. The Morgan fingerprint density at radius 2 is 2.25 bits per heavy atom. The second-order valence-corrected chi connectivity index (χ2v) is 7.88. The van der Waals surface area contributed by atoms with Gasteiger partial charge in [0, 0.05) is 30.6 Å². The molecular weight excluding hydrogens is 320 g/mol. The van der Waals surface area contributed by atoms with Crippen LogP contribution in [0.4, 0.5) is 0 Å². The third-order valence-electron chi connectivity index (χ3n) is 4.25. The first-order chi connectivity index (χ1) is 11.8. The molecule has 1 aromatic rings. The van der Waals surface area contributed by atoms with E-state index in [2.05, 4.69) is 45.4 Å². The first kappa shape index (κ1) is 17.4. The number of ether oxygens (including phenoxy) is 1. The van der Waals surface area contributed by atoms with Gasteiger partial charge in [-0.05, 0) is 49.8 Å². The highest BCUT2D eigenvalue weighted by Gasteiger charge is 2.22. The Morgan fingerprint density at radius 3 is 2.92 bits per heavy atom. The van der Waals surface area contributed by atoms with Gasteiger partial charge in [-0.15, -0.1) is 0 Å². The lowest BCUT2D eigenvalue weighted by atomic mass is 10.2. The van der Waals surface area contributed by atoms with E-state index in [0.717, 1.165) is 48.3 Å². The smallest absolute Gasteiger partial charge is 0.213 e. The van der Waals surface area contributed by atoms with Gasteiger partial charge in [-0.25, -0.2) is 9.98 Å². The van der Waals surface area contributed by atoms with Crippen molar-refractivity contribution in [3.8, 4) is 5.88 Å². The van der Waals surface area contributed by atoms with Gasteiger partial charge < -0.3 is 15.4 Å². The highest BCUT2D eigenvalue weighted by atomic mass is 32.2. The summed E-state index contributed by atoms with van der Waals surface area (Å²) < 4.78 is 5.67. The maximum atomic E-state index is 5.67. The maximum Gasteiger partial charge on any atom is 0.213 e. The molecule has 3 rings (SSSR count). The molecule has 2 aliphatic rings. The van der Waals surface area contributed by atoms with Crippen molar-refractivity contribution in [2.45, 2.75) is 44.4 Å². The quantitative estimate of drug-likeness (QED) is 0.559. The topological polar surface area (TPSA) is 58.5 Å². The van der Waals surface area contributed by atoms with Crippen molar-refractivity contribution in [1.29, 1.82) is 0 Å². The zero-order chi connectivity index (χ0) is 16.6. The number of aliphatic imine (C=N–C) groups is 1. The molecular formula is C18H28N4OS. The number of hydrogen-bond donors (Lipinski definition) is 2. The number of hydrogen-bond acceptors (Lipinski definition) is 4. The third-order valence-corrected chi connectivity index (χ3v) is 5.64. The van der Waals surface area contributed by atoms with Crippen molar-refractivity contribution in [3.63, 3.8) is 0 Å². The second-order valence-electron chi connectivity index (χ2n) is 6.47. The minimum absolute atomic E-state index is 0.628. The molecule has 1 aliphatic carbocycles. The molecule has 0 radical (unpaired) electrons. The summed E-state index contributed by atoms with van der Waals surface area (Å²) in [5.74, 6) is 3.65. The van der Waals surface area contributed by atoms with Crippen LogP contribution >= 0.6 is 11.8 Å².